The van der Waals surface area contributed by atoms with Gasteiger partial charge in [0.05, 0.1) is 30.8 Å². The van der Waals surface area contributed by atoms with E-state index >= 15 is 0 Å². The van der Waals surface area contributed by atoms with Crippen LogP contribution < -0.4 is 21.5 Å². The molecule has 64 heavy (non-hydrogen) atoms. The van der Waals surface area contributed by atoms with Crippen molar-refractivity contribution in [1.29, 1.82) is 0 Å². The van der Waals surface area contributed by atoms with E-state index < -0.39 is 12.4 Å². The highest BCUT2D eigenvalue weighted by atomic mass is 79.9. The van der Waals surface area contributed by atoms with Gasteiger partial charge < -0.3 is 59.8 Å². The molecule has 360 valence electrons. The van der Waals surface area contributed by atoms with E-state index in [0.29, 0.717) is 18.4 Å². The third-order valence-corrected chi connectivity index (χ3v) is 15.6. The number of likely N-dealkylation sites (N-methyl/N-ethyl adjacent to an activating group) is 1. The highest BCUT2D eigenvalue weighted by Crippen LogP contribution is 2.54. The number of hydrogen-bond donors (Lipinski definition) is 0. The van der Waals surface area contributed by atoms with Crippen molar-refractivity contribution >= 4 is 11.8 Å². The Kier molecular flexibility index (Phi) is 19.5. The van der Waals surface area contributed by atoms with Crippen molar-refractivity contribution in [2.24, 2.45) is 35.5 Å². The molecular weight excluding hydrogens is 880 g/mol. The maximum absolute atomic E-state index is 14.9. The third kappa shape index (κ3) is 12.1. The van der Waals surface area contributed by atoms with Crippen molar-refractivity contribution in [2.45, 2.75) is 185 Å². The number of ether oxygens (including phenoxy) is 8. The zero-order valence-electron chi connectivity index (χ0n) is 39.9. The Morgan fingerprint density at radius 1 is 0.797 bits per heavy atom. The zero-order chi connectivity index (χ0) is 44.6. The van der Waals surface area contributed by atoms with Gasteiger partial charge in [-0.05, 0) is 121 Å². The number of pyridine rings is 1. The lowest BCUT2D eigenvalue weighted by Crippen LogP contribution is -3.00. The van der Waals surface area contributed by atoms with Gasteiger partial charge in [0.15, 0.2) is 30.8 Å². The lowest BCUT2D eigenvalue weighted by molar-refractivity contribution is -0.697. The summed E-state index contributed by atoms with van der Waals surface area (Å²) in [6.07, 6.45) is 19.8. The van der Waals surface area contributed by atoms with Gasteiger partial charge in [0, 0.05) is 57.8 Å². The number of aromatic nitrogens is 1. The Morgan fingerprint density at radius 3 is 2.27 bits per heavy atom. The molecule has 1 aromatic heterocycles. The Labute approximate surface area is 394 Å². The van der Waals surface area contributed by atoms with Gasteiger partial charge in [-0.3, -0.25) is 9.59 Å². The lowest BCUT2D eigenvalue weighted by atomic mass is 9.70. The Balaban J connectivity index is 0.00000680. The van der Waals surface area contributed by atoms with Crippen molar-refractivity contribution in [3.63, 3.8) is 0 Å². The van der Waals surface area contributed by atoms with Crippen LogP contribution in [0.5, 0.6) is 0 Å². The smallest absolute Gasteiger partial charge is 0.306 e. The molecule has 17 atom stereocenters. The Bertz CT molecular complexity index is 1680. The number of nitrogens with zero attached hydrogens (tertiary/aromatic N) is 2. The summed E-state index contributed by atoms with van der Waals surface area (Å²) in [6.45, 7) is 10.4. The van der Waals surface area contributed by atoms with Crippen LogP contribution in [0.15, 0.2) is 54.4 Å². The molecule has 12 nitrogen and oxygen atoms in total. The van der Waals surface area contributed by atoms with Crippen LogP contribution in [0, 0.1) is 35.5 Å². The van der Waals surface area contributed by atoms with Crippen molar-refractivity contribution in [3.8, 4) is 0 Å². The van der Waals surface area contributed by atoms with Crippen LogP contribution in [0.25, 0.3) is 0 Å². The maximum Gasteiger partial charge on any atom is 0.306 e. The molecule has 3 aliphatic heterocycles. The SMILES string of the molecule is CC[C@H]1CCC[C@H](O[C@H]2CC[C@H](N(C)CCCCCC[n+]3ccccc3)[C@@H](C)O2)[C@@H](C)C(=O)C2=C[C@@H]3[C@@H](C=C[C@@H]4C[C@@H](O[C@@H]5O[C@@H](C)[C@H](OC)[C@@H](OC)[C@H]5OC)C[C@@H]34)[C@@H]2CC(=O)O1.[Br-]. The van der Waals surface area contributed by atoms with Crippen molar-refractivity contribution < 1.29 is 69.0 Å². The van der Waals surface area contributed by atoms with E-state index in [-0.39, 0.29) is 114 Å². The molecule has 6 aliphatic rings. The molecule has 1 saturated carbocycles. The number of cyclic esters (lactones) is 1. The van der Waals surface area contributed by atoms with Gasteiger partial charge >= 0.3 is 5.97 Å². The second-order valence-corrected chi connectivity index (χ2v) is 19.5. The second-order valence-electron chi connectivity index (χ2n) is 19.5. The minimum Gasteiger partial charge on any atom is -1.00 e. The fourth-order valence-electron chi connectivity index (χ4n) is 12.1. The number of fused-ring (bicyclic) bond motifs is 5. The van der Waals surface area contributed by atoms with Gasteiger partial charge in [0.2, 0.25) is 0 Å². The summed E-state index contributed by atoms with van der Waals surface area (Å²) in [4.78, 5) is 31.0. The van der Waals surface area contributed by atoms with E-state index in [1.165, 1.54) is 25.7 Å². The summed E-state index contributed by atoms with van der Waals surface area (Å²) < 4.78 is 52.4. The fourth-order valence-corrected chi connectivity index (χ4v) is 12.1. The standard InChI is InChI=1S/C51H79N2O10.BrH/c1-9-36-18-17-19-44(63-46-23-22-43(33(3)59-46)52(5)24-13-10-11-14-25-53-26-15-12-16-27-53)32(2)47(55)42-30-40-38(41(42)31-45(54)61-36)21-20-35-28-37(29-39(35)40)62-51-50(58-8)49(57-7)48(56-6)34(4)60-51;/h12,15-16,20-21,26-27,30,32-41,43-44,46,48-51H,9-11,13-14,17-19,22-25,28-29,31H2,1-8H3;1H/q+1;/p-1/t32-,33-,34+,35-,36+,37-,38-,39-,40-,41+,43+,44+,46+,48+,49-,50-,51+;/m1./s1. The number of esters is 1. The number of hydrogen-bond acceptors (Lipinski definition) is 11. The van der Waals surface area contributed by atoms with Crippen molar-refractivity contribution in [1.82, 2.24) is 4.90 Å². The number of rotatable bonds is 16. The zero-order valence-corrected chi connectivity index (χ0v) is 41.5. The van der Waals surface area contributed by atoms with Gasteiger partial charge in [-0.2, -0.15) is 0 Å². The summed E-state index contributed by atoms with van der Waals surface area (Å²) in [5, 5.41) is 0. The number of aryl methyl sites for hydroxylation is 1. The van der Waals surface area contributed by atoms with Crippen LogP contribution in [0.3, 0.4) is 0 Å². The maximum atomic E-state index is 14.9. The van der Waals surface area contributed by atoms with Crippen LogP contribution >= 0.6 is 0 Å². The van der Waals surface area contributed by atoms with E-state index in [9.17, 15) is 9.59 Å². The fraction of sp³-hybridized carbons (Fsp3) is 0.784. The summed E-state index contributed by atoms with van der Waals surface area (Å²) >= 11 is 0. The number of ketones is 1. The molecule has 3 aliphatic carbocycles. The monoisotopic (exact) mass is 958 g/mol. The molecule has 0 radical (unpaired) electrons. The molecule has 1 aromatic rings. The van der Waals surface area contributed by atoms with E-state index in [4.69, 9.17) is 37.9 Å². The van der Waals surface area contributed by atoms with Gasteiger partial charge in [0.1, 0.15) is 31.0 Å². The quantitative estimate of drug-likeness (QED) is 0.102. The molecule has 0 aromatic carbocycles. The molecule has 0 amide bonds. The molecule has 4 fully saturated rings. The minimum atomic E-state index is -0.600. The first-order chi connectivity index (χ1) is 30.5. The van der Waals surface area contributed by atoms with E-state index in [2.05, 4.69) is 79.2 Å². The number of unbranched alkanes of at least 4 members (excludes halogenated alkanes) is 3. The van der Waals surface area contributed by atoms with Crippen LogP contribution in [-0.2, 0) is 54.0 Å². The minimum absolute atomic E-state index is 0. The molecule has 3 saturated heterocycles. The number of Topliss-reactive ketones (excluding diaryl/α,β-unsaturated/α-hetero) is 1. The Morgan fingerprint density at radius 2 is 1.55 bits per heavy atom. The number of halogens is 1. The van der Waals surface area contributed by atoms with Crippen LogP contribution in [0.4, 0.5) is 0 Å². The predicted octanol–water partition coefficient (Wildman–Crippen LogP) is 4.41. The van der Waals surface area contributed by atoms with Crippen LogP contribution in [-0.4, -0.2) is 119 Å². The van der Waals surface area contributed by atoms with Gasteiger partial charge in [-0.1, -0.05) is 44.6 Å². The van der Waals surface area contributed by atoms with Crippen molar-refractivity contribution in [3.05, 3.63) is 54.4 Å². The highest BCUT2D eigenvalue weighted by Gasteiger charge is 2.53. The highest BCUT2D eigenvalue weighted by molar-refractivity contribution is 5.99. The first kappa shape index (κ1) is 51.3. The number of allylic oxidation sites excluding steroid dienone is 4. The van der Waals surface area contributed by atoms with Gasteiger partial charge in [-0.25, -0.2) is 4.57 Å². The predicted molar refractivity (Wildman–Crippen MR) is 238 cm³/mol. The number of carbonyl (C=O) groups excluding carboxylic acids is 2. The molecule has 13 heteroatoms. The number of methoxy groups -OCH3 is 3. The number of carbonyl (C=O) groups is 2. The van der Waals surface area contributed by atoms with E-state index in [1.807, 2.05) is 13.8 Å². The van der Waals surface area contributed by atoms with Crippen LogP contribution in [0.2, 0.25) is 0 Å². The molecule has 0 N–H and O–H groups in total. The van der Waals surface area contributed by atoms with E-state index in [1.54, 1.807) is 21.3 Å². The van der Waals surface area contributed by atoms with Crippen LogP contribution in [0.1, 0.15) is 111 Å². The summed E-state index contributed by atoms with van der Waals surface area (Å²) in [6, 6.07) is 6.57. The molecule has 0 bridgehead atoms. The molecule has 4 heterocycles. The Hall–Kier alpha value is -2.07. The molecular formula is C51H79BrN2O10. The topological polar surface area (TPSA) is 115 Å². The average Bonchev–Trinajstić information content (AvgIpc) is 3.86. The average molecular weight is 960 g/mol. The summed E-state index contributed by atoms with van der Waals surface area (Å²) in [5.41, 5.74) is 0.766. The second kappa shape index (κ2) is 24.3. The third-order valence-electron chi connectivity index (χ3n) is 15.6. The first-order valence-electron chi connectivity index (χ1n) is 24.5. The molecule has 0 spiro atoms. The van der Waals surface area contributed by atoms with Gasteiger partial charge in [0.25, 0.3) is 0 Å². The van der Waals surface area contributed by atoms with E-state index in [0.717, 1.165) is 63.6 Å². The first-order valence-corrected chi connectivity index (χ1v) is 24.5. The normalized spacial score (nSPS) is 39.1. The largest absolute Gasteiger partial charge is 1.00 e. The lowest BCUT2D eigenvalue weighted by Gasteiger charge is -2.44. The molecule has 0 unspecified atom stereocenters. The summed E-state index contributed by atoms with van der Waals surface area (Å²) in [5.74, 6) is -0.0385. The van der Waals surface area contributed by atoms with Gasteiger partial charge in [-0.15, -0.1) is 0 Å². The van der Waals surface area contributed by atoms with Crippen molar-refractivity contribution in [2.75, 3.05) is 34.9 Å². The summed E-state index contributed by atoms with van der Waals surface area (Å²) in [7, 11) is 7.22. The molecule has 7 rings (SSSR count).